The Labute approximate surface area is 211 Å². The number of halogens is 2. The number of rotatable bonds is 10. The van der Waals surface area contributed by atoms with Crippen LogP contribution in [0, 0.1) is 0 Å². The van der Waals surface area contributed by atoms with E-state index < -0.39 is 23.8 Å². The minimum Gasteiger partial charge on any atom is -0.461 e. The van der Waals surface area contributed by atoms with Gasteiger partial charge in [-0.15, -0.1) is 11.3 Å². The molecule has 3 aromatic carbocycles. The lowest BCUT2D eigenvalue weighted by atomic mass is 9.77. The number of hydrogen-bond donors (Lipinski definition) is 1. The summed E-state index contributed by atoms with van der Waals surface area (Å²) in [5.74, 6) is -0.907. The van der Waals surface area contributed by atoms with Gasteiger partial charge in [-0.05, 0) is 23.6 Å². The lowest BCUT2D eigenvalue weighted by Crippen LogP contribution is -2.38. The van der Waals surface area contributed by atoms with Gasteiger partial charge in [-0.25, -0.2) is 9.78 Å². The number of nitrogens with zero attached hydrogens (tertiary/aromatic N) is 2. The van der Waals surface area contributed by atoms with Crippen LogP contribution in [0.25, 0.3) is 0 Å². The van der Waals surface area contributed by atoms with E-state index in [2.05, 4.69) is 20.3 Å². The number of oxime groups is 1. The van der Waals surface area contributed by atoms with Crippen LogP contribution in [-0.2, 0) is 19.9 Å². The first-order chi connectivity index (χ1) is 17.5. The highest BCUT2D eigenvalue weighted by atomic mass is 32.1. The SMILES string of the molecule is CCOC(=O)C(=NOC(F)F)c1csc(NC(c2ccccc2)(c2ccccc2)c2ccccc2)n1. The molecule has 6 nitrogen and oxygen atoms in total. The maximum absolute atomic E-state index is 12.6. The van der Waals surface area contributed by atoms with E-state index in [1.165, 1.54) is 11.3 Å². The fourth-order valence-electron chi connectivity index (χ4n) is 3.86. The van der Waals surface area contributed by atoms with Crippen molar-refractivity contribution < 1.29 is 23.1 Å². The topological polar surface area (TPSA) is 72.8 Å². The van der Waals surface area contributed by atoms with E-state index in [1.807, 2.05) is 91.0 Å². The summed E-state index contributed by atoms with van der Waals surface area (Å²) in [5.41, 5.74) is 1.65. The van der Waals surface area contributed by atoms with Gasteiger partial charge in [0, 0.05) is 5.38 Å². The molecule has 0 aliphatic heterocycles. The van der Waals surface area contributed by atoms with Gasteiger partial charge in [0.15, 0.2) is 5.13 Å². The molecule has 4 rings (SSSR count). The number of carbonyl (C=O) groups excluding carboxylic acids is 1. The predicted octanol–water partition coefficient (Wildman–Crippen LogP) is 6.05. The minimum atomic E-state index is -3.19. The second-order valence-corrected chi connectivity index (χ2v) is 8.40. The maximum Gasteiger partial charge on any atom is 0.407 e. The first kappa shape index (κ1) is 25.0. The molecule has 1 heterocycles. The van der Waals surface area contributed by atoms with E-state index in [4.69, 9.17) is 4.74 Å². The average molecular weight is 508 g/mol. The molecule has 9 heteroatoms. The van der Waals surface area contributed by atoms with Gasteiger partial charge in [-0.1, -0.05) is 96.2 Å². The third kappa shape index (κ3) is 5.41. The quantitative estimate of drug-likeness (QED) is 0.122. The molecule has 0 saturated heterocycles. The summed E-state index contributed by atoms with van der Waals surface area (Å²) in [5, 5.41) is 8.85. The molecular formula is C27H23F2N3O3S. The zero-order valence-electron chi connectivity index (χ0n) is 19.3. The fourth-order valence-corrected chi connectivity index (χ4v) is 4.61. The number of thiazole rings is 1. The zero-order chi connectivity index (χ0) is 25.4. The van der Waals surface area contributed by atoms with Gasteiger partial charge in [-0.2, -0.15) is 8.78 Å². The minimum absolute atomic E-state index is 0.0426. The smallest absolute Gasteiger partial charge is 0.407 e. The highest BCUT2D eigenvalue weighted by Gasteiger charge is 2.37. The van der Waals surface area contributed by atoms with E-state index in [-0.39, 0.29) is 12.3 Å². The normalized spacial score (nSPS) is 11.8. The summed E-state index contributed by atoms with van der Waals surface area (Å²) in [4.78, 5) is 20.9. The summed E-state index contributed by atoms with van der Waals surface area (Å²) in [6, 6.07) is 29.7. The van der Waals surface area contributed by atoms with Crippen molar-refractivity contribution in [3.63, 3.8) is 0 Å². The van der Waals surface area contributed by atoms with Gasteiger partial charge in [0.25, 0.3) is 0 Å². The number of anilines is 1. The van der Waals surface area contributed by atoms with Crippen LogP contribution < -0.4 is 5.32 Å². The number of benzene rings is 3. The van der Waals surface area contributed by atoms with Gasteiger partial charge in [-0.3, -0.25) is 0 Å². The zero-order valence-corrected chi connectivity index (χ0v) is 20.1. The van der Waals surface area contributed by atoms with E-state index in [0.717, 1.165) is 16.7 Å². The molecule has 0 unspecified atom stereocenters. The molecule has 1 aromatic heterocycles. The van der Waals surface area contributed by atoms with Crippen molar-refractivity contribution in [2.45, 2.75) is 19.1 Å². The van der Waals surface area contributed by atoms with E-state index in [0.29, 0.717) is 5.13 Å². The number of carbonyl (C=O) groups is 1. The predicted molar refractivity (Wildman–Crippen MR) is 135 cm³/mol. The maximum atomic E-state index is 12.6. The molecule has 0 spiro atoms. The molecule has 184 valence electrons. The van der Waals surface area contributed by atoms with Crippen molar-refractivity contribution in [1.82, 2.24) is 4.98 Å². The van der Waals surface area contributed by atoms with Crippen LogP contribution in [0.1, 0.15) is 29.3 Å². The van der Waals surface area contributed by atoms with Gasteiger partial charge in [0.2, 0.25) is 5.71 Å². The van der Waals surface area contributed by atoms with Crippen LogP contribution in [0.3, 0.4) is 0 Å². The number of nitrogens with one attached hydrogen (secondary N) is 1. The molecule has 36 heavy (non-hydrogen) atoms. The third-order valence-corrected chi connectivity index (χ3v) is 6.11. The monoisotopic (exact) mass is 507 g/mol. The van der Waals surface area contributed by atoms with Crippen molar-refractivity contribution in [2.24, 2.45) is 5.16 Å². The summed E-state index contributed by atoms with van der Waals surface area (Å²) in [7, 11) is 0. The van der Waals surface area contributed by atoms with E-state index in [9.17, 15) is 13.6 Å². The molecule has 4 aromatic rings. The van der Waals surface area contributed by atoms with Gasteiger partial charge in [0.05, 0.1) is 6.61 Å². The van der Waals surface area contributed by atoms with Crippen molar-refractivity contribution in [2.75, 3.05) is 11.9 Å². The number of aromatic nitrogens is 1. The first-order valence-electron chi connectivity index (χ1n) is 11.1. The Hall–Kier alpha value is -4.11. The molecule has 0 fully saturated rings. The van der Waals surface area contributed by atoms with Crippen molar-refractivity contribution >= 4 is 28.1 Å². The van der Waals surface area contributed by atoms with E-state index in [1.54, 1.807) is 12.3 Å². The molecule has 0 saturated carbocycles. The summed E-state index contributed by atoms with van der Waals surface area (Å²) in [6.45, 7) is -1.54. The van der Waals surface area contributed by atoms with Gasteiger partial charge >= 0.3 is 12.6 Å². The number of alkyl halides is 2. The highest BCUT2D eigenvalue weighted by Crippen LogP contribution is 2.40. The first-order valence-corrected chi connectivity index (χ1v) is 12.0. The Kier molecular flexibility index (Phi) is 8.02. The Balaban J connectivity index is 1.83. The lowest BCUT2D eigenvalue weighted by Gasteiger charge is -2.36. The molecular weight excluding hydrogens is 484 g/mol. The van der Waals surface area contributed by atoms with Crippen LogP contribution in [-0.4, -0.2) is 29.9 Å². The van der Waals surface area contributed by atoms with Crippen molar-refractivity contribution in [1.29, 1.82) is 0 Å². The molecule has 0 radical (unpaired) electrons. The van der Waals surface area contributed by atoms with Gasteiger partial charge in [0.1, 0.15) is 11.2 Å². The van der Waals surface area contributed by atoms with Crippen molar-refractivity contribution in [3.05, 3.63) is 119 Å². The Morgan fingerprint density at radius 1 is 0.944 bits per heavy atom. The standard InChI is InChI=1S/C27H23F2N3O3S/c1-2-34-24(33)23(32-35-25(28)29)22-18-36-26(30-22)31-27(19-12-6-3-7-13-19,20-14-8-4-9-15-20)21-16-10-5-11-17-21/h3-18,25H,2H2,1H3,(H,30,31). The Morgan fingerprint density at radius 2 is 1.44 bits per heavy atom. The second-order valence-electron chi connectivity index (χ2n) is 7.54. The summed E-state index contributed by atoms with van der Waals surface area (Å²) >= 11 is 1.20. The number of ether oxygens (including phenoxy) is 1. The van der Waals surface area contributed by atoms with Crippen molar-refractivity contribution in [3.8, 4) is 0 Å². The Bertz CT molecular complexity index is 1200. The number of hydrogen-bond acceptors (Lipinski definition) is 7. The average Bonchev–Trinajstić information content (AvgIpc) is 3.37. The van der Waals surface area contributed by atoms with Crippen LogP contribution in [0.15, 0.2) is 102 Å². The summed E-state index contributed by atoms with van der Waals surface area (Å²) in [6.07, 6.45) is 0. The molecule has 0 aliphatic rings. The lowest BCUT2D eigenvalue weighted by molar-refractivity contribution is -0.138. The third-order valence-electron chi connectivity index (χ3n) is 5.35. The summed E-state index contributed by atoms with van der Waals surface area (Å²) < 4.78 is 30.2. The second kappa shape index (κ2) is 11.5. The van der Waals surface area contributed by atoms with Crippen LogP contribution in [0.5, 0.6) is 0 Å². The molecule has 0 atom stereocenters. The Morgan fingerprint density at radius 3 is 1.89 bits per heavy atom. The molecule has 0 aliphatic carbocycles. The molecule has 0 amide bonds. The highest BCUT2D eigenvalue weighted by molar-refractivity contribution is 7.14. The van der Waals surface area contributed by atoms with Gasteiger partial charge < -0.3 is 14.9 Å². The fraction of sp³-hybridized carbons (Fsp3) is 0.148. The van der Waals surface area contributed by atoms with E-state index >= 15 is 0 Å². The number of esters is 1. The molecule has 1 N–H and O–H groups in total. The largest absolute Gasteiger partial charge is 0.461 e. The molecule has 0 bridgehead atoms. The van der Waals surface area contributed by atoms with Crippen LogP contribution in [0.2, 0.25) is 0 Å². The van der Waals surface area contributed by atoms with Crippen LogP contribution >= 0.6 is 11.3 Å². The van der Waals surface area contributed by atoms with Crippen LogP contribution in [0.4, 0.5) is 13.9 Å².